The Morgan fingerprint density at radius 3 is 2.67 bits per heavy atom. The predicted octanol–water partition coefficient (Wildman–Crippen LogP) is 2.82. The number of hydrogen-bond donors (Lipinski definition) is 1. The molecular formula is C14H20FNO2. The van der Waals surface area contributed by atoms with Crippen molar-refractivity contribution in [1.82, 2.24) is 5.32 Å². The molecule has 0 radical (unpaired) electrons. The molecule has 0 aromatic heterocycles. The zero-order chi connectivity index (χ0) is 13.7. The van der Waals surface area contributed by atoms with Crippen LogP contribution in [-0.2, 0) is 4.79 Å². The molecule has 1 amide bonds. The standard InChI is InChI=1S/C14H20FNO2/c1-5-10(3)16-14(17)11(4)18-12-6-7-13(15)9(2)8-12/h6-8,10-11H,5H2,1-4H3,(H,16,17). The van der Waals surface area contributed by atoms with E-state index in [9.17, 15) is 9.18 Å². The Labute approximate surface area is 107 Å². The first-order valence-corrected chi connectivity index (χ1v) is 6.17. The number of carbonyl (C=O) groups excluding carboxylic acids is 1. The minimum atomic E-state index is -0.594. The van der Waals surface area contributed by atoms with E-state index in [1.54, 1.807) is 19.9 Å². The first kappa shape index (κ1) is 14.5. The van der Waals surface area contributed by atoms with Gasteiger partial charge in [0.05, 0.1) is 0 Å². The second-order valence-corrected chi connectivity index (χ2v) is 4.49. The Hall–Kier alpha value is -1.58. The second-order valence-electron chi connectivity index (χ2n) is 4.49. The second kappa shape index (κ2) is 6.38. The smallest absolute Gasteiger partial charge is 0.260 e. The molecule has 100 valence electrons. The summed E-state index contributed by atoms with van der Waals surface area (Å²) in [4.78, 5) is 11.8. The van der Waals surface area contributed by atoms with Crippen molar-refractivity contribution in [2.24, 2.45) is 0 Å². The van der Waals surface area contributed by atoms with Gasteiger partial charge in [-0.25, -0.2) is 4.39 Å². The molecule has 1 aromatic carbocycles. The maximum atomic E-state index is 13.1. The molecular weight excluding hydrogens is 233 g/mol. The van der Waals surface area contributed by atoms with Gasteiger partial charge in [0.1, 0.15) is 11.6 Å². The summed E-state index contributed by atoms with van der Waals surface area (Å²) in [6.07, 6.45) is 0.276. The minimum Gasteiger partial charge on any atom is -0.481 e. The zero-order valence-electron chi connectivity index (χ0n) is 11.3. The van der Waals surface area contributed by atoms with Crippen molar-refractivity contribution >= 4 is 5.91 Å². The monoisotopic (exact) mass is 253 g/mol. The first-order chi connectivity index (χ1) is 8.43. The van der Waals surface area contributed by atoms with Gasteiger partial charge in [-0.2, -0.15) is 0 Å². The first-order valence-electron chi connectivity index (χ1n) is 6.17. The topological polar surface area (TPSA) is 38.3 Å². The number of halogens is 1. The molecule has 1 aromatic rings. The van der Waals surface area contributed by atoms with Crippen LogP contribution in [0.1, 0.15) is 32.8 Å². The third-order valence-electron chi connectivity index (χ3n) is 2.81. The summed E-state index contributed by atoms with van der Waals surface area (Å²) in [5, 5.41) is 2.84. The van der Waals surface area contributed by atoms with E-state index in [1.807, 2.05) is 13.8 Å². The van der Waals surface area contributed by atoms with Crippen LogP contribution in [0.2, 0.25) is 0 Å². The van der Waals surface area contributed by atoms with E-state index in [1.165, 1.54) is 12.1 Å². The highest BCUT2D eigenvalue weighted by atomic mass is 19.1. The van der Waals surface area contributed by atoms with E-state index < -0.39 is 6.10 Å². The van der Waals surface area contributed by atoms with Crippen molar-refractivity contribution in [3.05, 3.63) is 29.6 Å². The summed E-state index contributed by atoms with van der Waals surface area (Å²) >= 11 is 0. The van der Waals surface area contributed by atoms with Crippen molar-refractivity contribution in [3.63, 3.8) is 0 Å². The fourth-order valence-corrected chi connectivity index (χ4v) is 1.41. The number of hydrogen-bond acceptors (Lipinski definition) is 2. The van der Waals surface area contributed by atoms with Crippen molar-refractivity contribution < 1.29 is 13.9 Å². The maximum Gasteiger partial charge on any atom is 0.260 e. The zero-order valence-corrected chi connectivity index (χ0v) is 11.3. The van der Waals surface area contributed by atoms with Crippen LogP contribution in [0.25, 0.3) is 0 Å². The van der Waals surface area contributed by atoms with Gasteiger partial charge in [-0.3, -0.25) is 4.79 Å². The molecule has 3 nitrogen and oxygen atoms in total. The molecule has 0 fully saturated rings. The Kier molecular flexibility index (Phi) is 5.13. The van der Waals surface area contributed by atoms with E-state index in [0.717, 1.165) is 6.42 Å². The van der Waals surface area contributed by atoms with E-state index >= 15 is 0 Å². The van der Waals surface area contributed by atoms with Gasteiger partial charge in [-0.1, -0.05) is 6.92 Å². The summed E-state index contributed by atoms with van der Waals surface area (Å²) < 4.78 is 18.6. The lowest BCUT2D eigenvalue weighted by Gasteiger charge is -2.18. The third kappa shape index (κ3) is 4.02. The van der Waals surface area contributed by atoms with Gasteiger partial charge in [0.15, 0.2) is 6.10 Å². The number of rotatable bonds is 5. The van der Waals surface area contributed by atoms with Crippen LogP contribution in [0.4, 0.5) is 4.39 Å². The molecule has 4 heteroatoms. The van der Waals surface area contributed by atoms with Crippen LogP contribution >= 0.6 is 0 Å². The number of amides is 1. The van der Waals surface area contributed by atoms with E-state index in [0.29, 0.717) is 11.3 Å². The minimum absolute atomic E-state index is 0.124. The molecule has 1 rings (SSSR count). The van der Waals surface area contributed by atoms with Gasteiger partial charge in [-0.15, -0.1) is 0 Å². The van der Waals surface area contributed by atoms with Crippen molar-refractivity contribution in [1.29, 1.82) is 0 Å². The van der Waals surface area contributed by atoms with E-state index in [-0.39, 0.29) is 17.8 Å². The fraction of sp³-hybridized carbons (Fsp3) is 0.500. The van der Waals surface area contributed by atoms with Crippen molar-refractivity contribution in [3.8, 4) is 5.75 Å². The van der Waals surface area contributed by atoms with Crippen LogP contribution in [0, 0.1) is 12.7 Å². The molecule has 0 spiro atoms. The number of carbonyl (C=O) groups is 1. The third-order valence-corrected chi connectivity index (χ3v) is 2.81. The molecule has 0 heterocycles. The number of aryl methyl sites for hydroxylation is 1. The van der Waals surface area contributed by atoms with Gasteiger partial charge < -0.3 is 10.1 Å². The molecule has 1 N–H and O–H groups in total. The summed E-state index contributed by atoms with van der Waals surface area (Å²) in [6.45, 7) is 7.27. The summed E-state index contributed by atoms with van der Waals surface area (Å²) in [7, 11) is 0. The summed E-state index contributed by atoms with van der Waals surface area (Å²) in [5.74, 6) is 0.0612. The van der Waals surface area contributed by atoms with Crippen LogP contribution in [0.5, 0.6) is 5.75 Å². The Balaban J connectivity index is 2.60. The van der Waals surface area contributed by atoms with E-state index in [4.69, 9.17) is 4.74 Å². The Morgan fingerprint density at radius 2 is 2.11 bits per heavy atom. The molecule has 2 atom stereocenters. The van der Waals surface area contributed by atoms with Gasteiger partial charge in [-0.05, 0) is 51.0 Å². The number of benzene rings is 1. The quantitative estimate of drug-likeness (QED) is 0.876. The lowest BCUT2D eigenvalue weighted by Crippen LogP contribution is -2.40. The molecule has 0 saturated carbocycles. The maximum absolute atomic E-state index is 13.1. The average molecular weight is 253 g/mol. The molecule has 0 saturated heterocycles. The molecule has 18 heavy (non-hydrogen) atoms. The van der Waals surface area contributed by atoms with Gasteiger partial charge in [0.2, 0.25) is 0 Å². The highest BCUT2D eigenvalue weighted by molar-refractivity contribution is 5.80. The Bertz CT molecular complexity index is 420. The van der Waals surface area contributed by atoms with Crippen molar-refractivity contribution in [2.45, 2.75) is 46.3 Å². The summed E-state index contributed by atoms with van der Waals surface area (Å²) in [5.41, 5.74) is 0.502. The average Bonchev–Trinajstić information content (AvgIpc) is 2.33. The van der Waals surface area contributed by atoms with Crippen LogP contribution in [0.15, 0.2) is 18.2 Å². The van der Waals surface area contributed by atoms with Gasteiger partial charge >= 0.3 is 0 Å². The van der Waals surface area contributed by atoms with Crippen LogP contribution in [0.3, 0.4) is 0 Å². The normalized spacial score (nSPS) is 13.8. The number of ether oxygens (including phenoxy) is 1. The lowest BCUT2D eigenvalue weighted by atomic mass is 10.2. The van der Waals surface area contributed by atoms with Gasteiger partial charge in [0.25, 0.3) is 5.91 Å². The van der Waals surface area contributed by atoms with Crippen LogP contribution in [-0.4, -0.2) is 18.1 Å². The molecule has 0 aliphatic heterocycles. The highest BCUT2D eigenvalue weighted by Crippen LogP contribution is 2.17. The van der Waals surface area contributed by atoms with E-state index in [2.05, 4.69) is 5.32 Å². The molecule has 2 unspecified atom stereocenters. The van der Waals surface area contributed by atoms with Gasteiger partial charge in [0, 0.05) is 6.04 Å². The SMILES string of the molecule is CCC(C)NC(=O)C(C)Oc1ccc(F)c(C)c1. The molecule has 0 bridgehead atoms. The number of nitrogens with one attached hydrogen (secondary N) is 1. The van der Waals surface area contributed by atoms with Crippen LogP contribution < -0.4 is 10.1 Å². The Morgan fingerprint density at radius 1 is 1.44 bits per heavy atom. The summed E-state index contributed by atoms with van der Waals surface area (Å²) in [6, 6.07) is 4.57. The van der Waals surface area contributed by atoms with Crippen molar-refractivity contribution in [2.75, 3.05) is 0 Å². The molecule has 0 aliphatic carbocycles. The predicted molar refractivity (Wildman–Crippen MR) is 69.1 cm³/mol. The highest BCUT2D eigenvalue weighted by Gasteiger charge is 2.16. The molecule has 0 aliphatic rings. The fourth-order valence-electron chi connectivity index (χ4n) is 1.41. The largest absolute Gasteiger partial charge is 0.481 e. The lowest BCUT2D eigenvalue weighted by molar-refractivity contribution is -0.127.